The van der Waals surface area contributed by atoms with Crippen LogP contribution in [0, 0.1) is 0 Å². The fourth-order valence-corrected chi connectivity index (χ4v) is 2.88. The molecule has 2 aromatic rings. The third-order valence-electron chi connectivity index (χ3n) is 4.41. The number of hydrogen-bond donors (Lipinski definition) is 6. The van der Waals surface area contributed by atoms with E-state index in [9.17, 15) is 30.0 Å². The van der Waals surface area contributed by atoms with Gasteiger partial charge in [-0.05, 0) is 36.4 Å². The Kier molecular flexibility index (Phi) is 7.84. The van der Waals surface area contributed by atoms with E-state index in [2.05, 4.69) is 10.6 Å². The maximum atomic E-state index is 11.6. The minimum absolute atomic E-state index is 0.0577. The summed E-state index contributed by atoms with van der Waals surface area (Å²) < 4.78 is 10.1. The van der Waals surface area contributed by atoms with E-state index in [-0.39, 0.29) is 35.7 Å². The fraction of sp³-hybridized carbons (Fsp3) is 0.300. The van der Waals surface area contributed by atoms with Gasteiger partial charge >= 0.3 is 11.9 Å². The molecule has 0 spiro atoms. The molecule has 2 unspecified atom stereocenters. The number of rotatable bonds is 11. The van der Waals surface area contributed by atoms with E-state index in [1.165, 1.54) is 50.6 Å². The van der Waals surface area contributed by atoms with Gasteiger partial charge in [-0.25, -0.2) is 0 Å². The number of carbonyl (C=O) groups is 2. The summed E-state index contributed by atoms with van der Waals surface area (Å²) in [6.07, 6.45) is 0. The maximum absolute atomic E-state index is 11.6. The van der Waals surface area contributed by atoms with Crippen molar-refractivity contribution in [2.45, 2.75) is 12.1 Å². The molecule has 0 fully saturated rings. The van der Waals surface area contributed by atoms with Crippen molar-refractivity contribution in [1.29, 1.82) is 0 Å². The van der Waals surface area contributed by atoms with Gasteiger partial charge in [-0.1, -0.05) is 0 Å². The zero-order valence-corrected chi connectivity index (χ0v) is 16.5. The van der Waals surface area contributed by atoms with Crippen LogP contribution in [0.25, 0.3) is 0 Å². The quantitative estimate of drug-likeness (QED) is 0.292. The summed E-state index contributed by atoms with van der Waals surface area (Å²) in [5, 5.41) is 44.5. The first-order valence-electron chi connectivity index (χ1n) is 8.94. The van der Waals surface area contributed by atoms with Crippen LogP contribution in [0.3, 0.4) is 0 Å². The SMILES string of the molecule is COc1ccc(O)c(C(NCCNC(C(=O)O)c2cc(OC)ccc2O)C(=O)O)c1. The molecule has 0 aromatic heterocycles. The molecule has 2 rings (SSSR count). The van der Waals surface area contributed by atoms with Crippen molar-refractivity contribution < 1.29 is 39.5 Å². The van der Waals surface area contributed by atoms with Crippen molar-refractivity contribution in [3.8, 4) is 23.0 Å². The largest absolute Gasteiger partial charge is 0.508 e. The van der Waals surface area contributed by atoms with Gasteiger partial charge in [0.05, 0.1) is 14.2 Å². The molecule has 6 N–H and O–H groups in total. The molecule has 0 saturated heterocycles. The maximum Gasteiger partial charge on any atom is 0.325 e. The van der Waals surface area contributed by atoms with E-state index in [4.69, 9.17) is 9.47 Å². The second kappa shape index (κ2) is 10.3. The Hall–Kier alpha value is -3.50. The summed E-state index contributed by atoms with van der Waals surface area (Å²) in [5.41, 5.74) is 0.226. The number of nitrogens with one attached hydrogen (secondary N) is 2. The summed E-state index contributed by atoms with van der Waals surface area (Å²) in [4.78, 5) is 23.3. The molecular formula is C20H24N2O8. The third kappa shape index (κ3) is 5.52. The van der Waals surface area contributed by atoms with Gasteiger partial charge in [-0.3, -0.25) is 20.2 Å². The number of ether oxygens (including phenoxy) is 2. The minimum Gasteiger partial charge on any atom is -0.508 e. The van der Waals surface area contributed by atoms with Crippen molar-refractivity contribution in [3.05, 3.63) is 47.5 Å². The molecule has 0 bridgehead atoms. The van der Waals surface area contributed by atoms with Gasteiger partial charge in [0.25, 0.3) is 0 Å². The average molecular weight is 420 g/mol. The molecule has 0 amide bonds. The molecule has 30 heavy (non-hydrogen) atoms. The molecule has 0 saturated carbocycles. The topological polar surface area (TPSA) is 158 Å². The minimum atomic E-state index is -1.24. The number of carboxylic acids is 2. The second-order valence-electron chi connectivity index (χ2n) is 6.30. The summed E-state index contributed by atoms with van der Waals surface area (Å²) >= 11 is 0. The van der Waals surface area contributed by atoms with E-state index >= 15 is 0 Å². The predicted octanol–water partition coefficient (Wildman–Crippen LogP) is 1.25. The number of aromatic hydroxyl groups is 2. The van der Waals surface area contributed by atoms with Crippen LogP contribution in [0.5, 0.6) is 23.0 Å². The van der Waals surface area contributed by atoms with Crippen LogP contribution < -0.4 is 20.1 Å². The summed E-state index contributed by atoms with van der Waals surface area (Å²) in [7, 11) is 2.84. The average Bonchev–Trinajstić information content (AvgIpc) is 2.72. The zero-order chi connectivity index (χ0) is 22.3. The molecule has 2 atom stereocenters. The van der Waals surface area contributed by atoms with Crippen LogP contribution in [-0.2, 0) is 9.59 Å². The Morgan fingerprint density at radius 1 is 0.800 bits per heavy atom. The number of aliphatic carboxylic acids is 2. The monoisotopic (exact) mass is 420 g/mol. The number of hydrogen-bond acceptors (Lipinski definition) is 8. The Balaban J connectivity index is 2.08. The van der Waals surface area contributed by atoms with Crippen LogP contribution in [0.15, 0.2) is 36.4 Å². The lowest BCUT2D eigenvalue weighted by molar-refractivity contribution is -0.141. The Bertz CT molecular complexity index is 829. The second-order valence-corrected chi connectivity index (χ2v) is 6.30. The molecule has 162 valence electrons. The highest BCUT2D eigenvalue weighted by Gasteiger charge is 2.25. The molecule has 2 aromatic carbocycles. The lowest BCUT2D eigenvalue weighted by Gasteiger charge is -2.19. The molecule has 0 heterocycles. The van der Waals surface area contributed by atoms with E-state index < -0.39 is 24.0 Å². The van der Waals surface area contributed by atoms with Gasteiger partial charge in [0.1, 0.15) is 35.1 Å². The van der Waals surface area contributed by atoms with Crippen molar-refractivity contribution in [2.24, 2.45) is 0 Å². The van der Waals surface area contributed by atoms with Gasteiger partial charge in [-0.2, -0.15) is 0 Å². The van der Waals surface area contributed by atoms with Crippen molar-refractivity contribution >= 4 is 11.9 Å². The normalized spacial score (nSPS) is 12.7. The highest BCUT2D eigenvalue weighted by Crippen LogP contribution is 2.30. The Morgan fingerprint density at radius 3 is 1.47 bits per heavy atom. The van der Waals surface area contributed by atoms with Gasteiger partial charge < -0.3 is 29.9 Å². The molecule has 0 radical (unpaired) electrons. The van der Waals surface area contributed by atoms with Crippen LogP contribution in [0.2, 0.25) is 0 Å². The number of benzene rings is 2. The molecule has 0 aliphatic rings. The first-order valence-corrected chi connectivity index (χ1v) is 8.94. The first-order chi connectivity index (χ1) is 14.3. The van der Waals surface area contributed by atoms with Gasteiger partial charge in [0.2, 0.25) is 0 Å². The molecule has 10 nitrogen and oxygen atoms in total. The van der Waals surface area contributed by atoms with E-state index in [1.54, 1.807) is 0 Å². The fourth-order valence-electron chi connectivity index (χ4n) is 2.88. The summed E-state index contributed by atoms with van der Waals surface area (Å²) in [5.74, 6) is -2.11. The van der Waals surface area contributed by atoms with Crippen LogP contribution in [0.1, 0.15) is 23.2 Å². The van der Waals surface area contributed by atoms with Crippen molar-refractivity contribution in [3.63, 3.8) is 0 Å². The number of phenolic OH excluding ortho intramolecular Hbond substituents is 2. The summed E-state index contributed by atoms with van der Waals surface area (Å²) in [6.45, 7) is 0.115. The number of phenols is 2. The van der Waals surface area contributed by atoms with Crippen molar-refractivity contribution in [2.75, 3.05) is 27.3 Å². The van der Waals surface area contributed by atoms with E-state index in [1.807, 2.05) is 0 Å². The lowest BCUT2D eigenvalue weighted by Crippen LogP contribution is -2.37. The van der Waals surface area contributed by atoms with Crippen LogP contribution in [0.4, 0.5) is 0 Å². The number of methoxy groups -OCH3 is 2. The molecule has 0 aliphatic carbocycles. The highest BCUT2D eigenvalue weighted by molar-refractivity contribution is 5.77. The van der Waals surface area contributed by atoms with Crippen LogP contribution >= 0.6 is 0 Å². The van der Waals surface area contributed by atoms with E-state index in [0.29, 0.717) is 11.5 Å². The first kappa shape index (κ1) is 22.8. The van der Waals surface area contributed by atoms with Gasteiger partial charge in [0.15, 0.2) is 0 Å². The third-order valence-corrected chi connectivity index (χ3v) is 4.41. The molecular weight excluding hydrogens is 396 g/mol. The number of carboxylic acid groups (broad SMARTS) is 2. The predicted molar refractivity (Wildman–Crippen MR) is 106 cm³/mol. The van der Waals surface area contributed by atoms with Crippen LogP contribution in [-0.4, -0.2) is 59.7 Å². The Morgan fingerprint density at radius 2 is 1.17 bits per heavy atom. The van der Waals surface area contributed by atoms with Gasteiger partial charge in [-0.15, -0.1) is 0 Å². The smallest absolute Gasteiger partial charge is 0.325 e. The molecule has 10 heteroatoms. The lowest BCUT2D eigenvalue weighted by atomic mass is 10.0. The van der Waals surface area contributed by atoms with Crippen molar-refractivity contribution in [1.82, 2.24) is 10.6 Å². The highest BCUT2D eigenvalue weighted by atomic mass is 16.5. The zero-order valence-electron chi connectivity index (χ0n) is 16.5. The van der Waals surface area contributed by atoms with E-state index in [0.717, 1.165) is 0 Å². The Labute approximate surface area is 172 Å². The summed E-state index contributed by atoms with van der Waals surface area (Å²) in [6, 6.07) is 5.98. The standard InChI is InChI=1S/C20H24N2O8/c1-29-11-3-5-15(23)13(9-11)17(19(25)26)21-7-8-22-18(20(27)28)14-10-12(30-2)4-6-16(14)24/h3-6,9-10,17-18,21-24H,7-8H2,1-2H3,(H,25,26)(H,27,28). The molecule has 0 aliphatic heterocycles. The van der Waals surface area contributed by atoms with Gasteiger partial charge in [0, 0.05) is 24.2 Å².